The summed E-state index contributed by atoms with van der Waals surface area (Å²) >= 11 is 0. The van der Waals surface area contributed by atoms with E-state index in [1.54, 1.807) is 6.07 Å². The van der Waals surface area contributed by atoms with Crippen LogP contribution >= 0.6 is 0 Å². The number of hydrogen-bond donors (Lipinski definition) is 1. The molecule has 164 valence electrons. The Hall–Kier alpha value is -3.94. The van der Waals surface area contributed by atoms with E-state index in [9.17, 15) is 18.3 Å². The van der Waals surface area contributed by atoms with Crippen LogP contribution in [0.1, 0.15) is 11.3 Å². The first-order valence-corrected chi connectivity index (χ1v) is 9.58. The number of hydrogen-bond acceptors (Lipinski definition) is 5. The number of methoxy groups -OCH3 is 1. The molecule has 5 nitrogen and oxygen atoms in total. The predicted molar refractivity (Wildman–Crippen MR) is 111 cm³/mol. The number of aromatic hydroxyl groups is 1. The second-order valence-electron chi connectivity index (χ2n) is 6.91. The van der Waals surface area contributed by atoms with Crippen LogP contribution in [0.3, 0.4) is 0 Å². The number of ether oxygens (including phenoxy) is 2. The SMILES string of the molecule is COc1ccc(-c2c(C(F)(F)F)noc2-c2ccc(OCc3ccccc3)cc2O)cc1. The quantitative estimate of drug-likeness (QED) is 0.379. The second-order valence-corrected chi connectivity index (χ2v) is 6.91. The Labute approximate surface area is 181 Å². The summed E-state index contributed by atoms with van der Waals surface area (Å²) < 4.78 is 56.6. The van der Waals surface area contributed by atoms with Gasteiger partial charge in [0.25, 0.3) is 0 Å². The molecule has 1 aromatic heterocycles. The average Bonchev–Trinajstić information content (AvgIpc) is 3.24. The van der Waals surface area contributed by atoms with Gasteiger partial charge in [-0.15, -0.1) is 0 Å². The van der Waals surface area contributed by atoms with Crippen molar-refractivity contribution in [3.05, 3.63) is 84.1 Å². The molecule has 0 bridgehead atoms. The zero-order valence-corrected chi connectivity index (χ0v) is 16.9. The number of halogens is 3. The Morgan fingerprint density at radius 3 is 2.25 bits per heavy atom. The van der Waals surface area contributed by atoms with E-state index >= 15 is 0 Å². The summed E-state index contributed by atoms with van der Waals surface area (Å²) in [4.78, 5) is 0. The number of phenolic OH excluding ortho intramolecular Hbond substituents is 1. The smallest absolute Gasteiger partial charge is 0.437 e. The minimum atomic E-state index is -4.74. The molecular weight excluding hydrogens is 423 g/mol. The van der Waals surface area contributed by atoms with Crippen molar-refractivity contribution in [2.24, 2.45) is 0 Å². The average molecular weight is 441 g/mol. The largest absolute Gasteiger partial charge is 0.507 e. The first-order valence-electron chi connectivity index (χ1n) is 9.58. The van der Waals surface area contributed by atoms with Crippen LogP contribution in [0, 0.1) is 0 Å². The predicted octanol–water partition coefficient (Wildman–Crippen LogP) is 6.32. The van der Waals surface area contributed by atoms with E-state index in [0.29, 0.717) is 11.5 Å². The van der Waals surface area contributed by atoms with Gasteiger partial charge in [-0.05, 0) is 35.4 Å². The molecule has 4 aromatic rings. The Kier molecular flexibility index (Phi) is 5.77. The maximum Gasteiger partial charge on any atom is 0.437 e. The molecule has 0 spiro atoms. The van der Waals surface area contributed by atoms with E-state index < -0.39 is 11.9 Å². The molecule has 4 rings (SSSR count). The standard InChI is InChI=1S/C24H18F3NO4/c1-30-17-9-7-16(8-10-17)21-22(32-28-23(21)24(25,26)27)19-12-11-18(13-20(19)29)31-14-15-5-3-2-4-6-15/h2-13,29H,14H2,1H3. The minimum Gasteiger partial charge on any atom is -0.507 e. The number of alkyl halides is 3. The molecule has 32 heavy (non-hydrogen) atoms. The van der Waals surface area contributed by atoms with E-state index in [2.05, 4.69) is 5.16 Å². The summed E-state index contributed by atoms with van der Waals surface area (Å²) in [7, 11) is 1.46. The molecule has 0 unspecified atom stereocenters. The lowest BCUT2D eigenvalue weighted by molar-refractivity contribution is -0.142. The molecule has 0 aliphatic heterocycles. The molecule has 0 saturated heterocycles. The summed E-state index contributed by atoms with van der Waals surface area (Å²) in [6.45, 7) is 0.275. The maximum atomic E-state index is 13.6. The van der Waals surface area contributed by atoms with Gasteiger partial charge >= 0.3 is 6.18 Å². The van der Waals surface area contributed by atoms with Crippen molar-refractivity contribution in [3.63, 3.8) is 0 Å². The van der Waals surface area contributed by atoms with Gasteiger partial charge in [0.2, 0.25) is 0 Å². The topological polar surface area (TPSA) is 64.7 Å². The van der Waals surface area contributed by atoms with E-state index in [-0.39, 0.29) is 34.8 Å². The number of benzene rings is 3. The van der Waals surface area contributed by atoms with Gasteiger partial charge < -0.3 is 19.1 Å². The minimum absolute atomic E-state index is 0.0610. The first-order chi connectivity index (χ1) is 15.4. The molecule has 1 N–H and O–H groups in total. The normalized spacial score (nSPS) is 11.4. The number of nitrogens with zero attached hydrogens (tertiary/aromatic N) is 1. The molecule has 1 heterocycles. The van der Waals surface area contributed by atoms with Crippen molar-refractivity contribution in [2.75, 3.05) is 7.11 Å². The monoisotopic (exact) mass is 441 g/mol. The van der Waals surface area contributed by atoms with Crippen molar-refractivity contribution >= 4 is 0 Å². The van der Waals surface area contributed by atoms with Gasteiger partial charge in [0.1, 0.15) is 23.9 Å². The van der Waals surface area contributed by atoms with E-state index in [0.717, 1.165) is 5.56 Å². The zero-order chi connectivity index (χ0) is 22.7. The molecule has 0 fully saturated rings. The molecule has 0 aliphatic carbocycles. The maximum absolute atomic E-state index is 13.6. The fourth-order valence-corrected chi connectivity index (χ4v) is 3.23. The fourth-order valence-electron chi connectivity index (χ4n) is 3.23. The van der Waals surface area contributed by atoms with Gasteiger partial charge in [-0.1, -0.05) is 47.6 Å². The molecular formula is C24H18F3NO4. The Morgan fingerprint density at radius 1 is 0.938 bits per heavy atom. The van der Waals surface area contributed by atoms with Gasteiger partial charge in [0, 0.05) is 6.07 Å². The van der Waals surface area contributed by atoms with Gasteiger partial charge in [-0.25, -0.2) is 0 Å². The molecule has 0 saturated carbocycles. The lowest BCUT2D eigenvalue weighted by Gasteiger charge is -2.11. The van der Waals surface area contributed by atoms with Crippen LogP contribution in [0.25, 0.3) is 22.5 Å². The highest BCUT2D eigenvalue weighted by Gasteiger charge is 2.40. The molecule has 0 radical (unpaired) electrons. The van der Waals surface area contributed by atoms with Crippen molar-refractivity contribution in [3.8, 4) is 39.7 Å². The highest BCUT2D eigenvalue weighted by molar-refractivity contribution is 5.84. The molecule has 0 aliphatic rings. The van der Waals surface area contributed by atoms with Gasteiger partial charge in [-0.2, -0.15) is 13.2 Å². The Balaban J connectivity index is 1.70. The van der Waals surface area contributed by atoms with Crippen molar-refractivity contribution in [2.45, 2.75) is 12.8 Å². The highest BCUT2D eigenvalue weighted by atomic mass is 19.4. The van der Waals surface area contributed by atoms with Crippen LogP contribution in [0.5, 0.6) is 17.2 Å². The molecule has 8 heteroatoms. The lowest BCUT2D eigenvalue weighted by atomic mass is 9.98. The third-order valence-corrected chi connectivity index (χ3v) is 4.80. The molecule has 3 aromatic carbocycles. The highest BCUT2D eigenvalue weighted by Crippen LogP contribution is 2.45. The first kappa shape index (κ1) is 21.3. The third-order valence-electron chi connectivity index (χ3n) is 4.80. The van der Waals surface area contributed by atoms with Crippen LogP contribution in [0.15, 0.2) is 77.3 Å². The fraction of sp³-hybridized carbons (Fsp3) is 0.125. The van der Waals surface area contributed by atoms with Crippen LogP contribution in [-0.4, -0.2) is 17.4 Å². The summed E-state index contributed by atoms with van der Waals surface area (Å²) in [6, 6.07) is 19.7. The van der Waals surface area contributed by atoms with Gasteiger partial charge in [-0.3, -0.25) is 0 Å². The molecule has 0 amide bonds. The van der Waals surface area contributed by atoms with E-state index in [4.69, 9.17) is 14.0 Å². The zero-order valence-electron chi connectivity index (χ0n) is 16.9. The van der Waals surface area contributed by atoms with Crippen LogP contribution in [0.2, 0.25) is 0 Å². The van der Waals surface area contributed by atoms with Crippen molar-refractivity contribution in [1.82, 2.24) is 5.16 Å². The summed E-state index contributed by atoms with van der Waals surface area (Å²) in [5.41, 5.74) is -0.234. The van der Waals surface area contributed by atoms with Gasteiger partial charge in [0.15, 0.2) is 11.5 Å². The summed E-state index contributed by atoms with van der Waals surface area (Å²) in [5, 5.41) is 13.8. The van der Waals surface area contributed by atoms with Gasteiger partial charge in [0.05, 0.1) is 18.2 Å². The van der Waals surface area contributed by atoms with Crippen molar-refractivity contribution < 1.29 is 32.3 Å². The summed E-state index contributed by atoms with van der Waals surface area (Å²) in [6.07, 6.45) is -4.74. The van der Waals surface area contributed by atoms with Crippen LogP contribution < -0.4 is 9.47 Å². The Morgan fingerprint density at radius 2 is 1.62 bits per heavy atom. The van der Waals surface area contributed by atoms with Crippen LogP contribution in [0.4, 0.5) is 13.2 Å². The number of aromatic nitrogens is 1. The van der Waals surface area contributed by atoms with E-state index in [1.807, 2.05) is 30.3 Å². The summed E-state index contributed by atoms with van der Waals surface area (Å²) in [5.74, 6) is 0.351. The van der Waals surface area contributed by atoms with Crippen LogP contribution in [-0.2, 0) is 12.8 Å². The third kappa shape index (κ3) is 4.39. The molecule has 0 atom stereocenters. The lowest BCUT2D eigenvalue weighted by Crippen LogP contribution is -2.07. The number of rotatable bonds is 6. The number of phenols is 1. The second kappa shape index (κ2) is 8.66. The Bertz CT molecular complexity index is 1200. The van der Waals surface area contributed by atoms with Crippen molar-refractivity contribution in [1.29, 1.82) is 0 Å². The van der Waals surface area contributed by atoms with E-state index in [1.165, 1.54) is 43.5 Å².